The van der Waals surface area contributed by atoms with E-state index in [1.54, 1.807) is 0 Å². The van der Waals surface area contributed by atoms with E-state index in [4.69, 9.17) is 10.7 Å². The number of pyridine rings is 1. The highest BCUT2D eigenvalue weighted by Crippen LogP contribution is 2.48. The Bertz CT molecular complexity index is 1110. The van der Waals surface area contributed by atoms with E-state index < -0.39 is 5.92 Å². The number of benzene rings is 2. The number of carbonyl (C=O) groups is 1. The van der Waals surface area contributed by atoms with E-state index in [2.05, 4.69) is 12.1 Å². The summed E-state index contributed by atoms with van der Waals surface area (Å²) in [5, 5.41) is 0. The molecule has 2 heterocycles. The lowest BCUT2D eigenvalue weighted by molar-refractivity contribution is -0.118. The molecule has 4 aromatic rings. The van der Waals surface area contributed by atoms with Gasteiger partial charge in [0.1, 0.15) is 5.65 Å². The van der Waals surface area contributed by atoms with Crippen LogP contribution in [0.1, 0.15) is 17.0 Å². The van der Waals surface area contributed by atoms with Crippen LogP contribution >= 0.6 is 0 Å². The lowest BCUT2D eigenvalue weighted by Crippen LogP contribution is -2.20. The average molecular weight is 325 g/mol. The fraction of sp³-hybridized carbons (Fsp3) is 0.0476. The summed E-state index contributed by atoms with van der Waals surface area (Å²) < 4.78 is 2.00. The molecule has 0 radical (unpaired) electrons. The molecule has 0 aliphatic heterocycles. The third kappa shape index (κ3) is 1.94. The highest BCUT2D eigenvalue weighted by atomic mass is 16.1. The van der Waals surface area contributed by atoms with Gasteiger partial charge in [0, 0.05) is 18.0 Å². The Morgan fingerprint density at radius 1 is 0.920 bits per heavy atom. The number of amides is 1. The second-order valence-corrected chi connectivity index (χ2v) is 6.28. The molecule has 1 unspecified atom stereocenters. The van der Waals surface area contributed by atoms with Crippen molar-refractivity contribution in [1.82, 2.24) is 9.38 Å². The fourth-order valence-electron chi connectivity index (χ4n) is 3.84. The van der Waals surface area contributed by atoms with Crippen molar-refractivity contribution in [2.45, 2.75) is 5.92 Å². The summed E-state index contributed by atoms with van der Waals surface area (Å²) in [6, 6.07) is 19.9. The van der Waals surface area contributed by atoms with Gasteiger partial charge in [0.05, 0.1) is 11.6 Å². The second kappa shape index (κ2) is 5.05. The summed E-state index contributed by atoms with van der Waals surface area (Å²) in [4.78, 5) is 16.9. The van der Waals surface area contributed by atoms with Gasteiger partial charge in [-0.1, -0.05) is 48.5 Å². The molecule has 1 aliphatic rings. The van der Waals surface area contributed by atoms with Gasteiger partial charge in [-0.05, 0) is 34.4 Å². The molecule has 1 atom stereocenters. The highest BCUT2D eigenvalue weighted by Gasteiger charge is 2.34. The molecule has 25 heavy (non-hydrogen) atoms. The van der Waals surface area contributed by atoms with Gasteiger partial charge in [-0.15, -0.1) is 0 Å². The minimum atomic E-state index is -0.400. The van der Waals surface area contributed by atoms with Crippen LogP contribution in [0.5, 0.6) is 0 Å². The Hall–Kier alpha value is -3.40. The molecular formula is C21H15N3O. The molecule has 0 bridgehead atoms. The standard InChI is InChI=1S/C21H15N3O/c22-21(25)20-14-7-2-1-6-13(14)19-15(8-5-9-16(19)20)17-12-24-11-4-3-10-18(24)23-17/h1-12,20H,(H2,22,25). The predicted octanol–water partition coefficient (Wildman–Crippen LogP) is 3.60. The number of primary amides is 1. The first-order valence-corrected chi connectivity index (χ1v) is 8.19. The van der Waals surface area contributed by atoms with Crippen LogP contribution in [-0.4, -0.2) is 15.3 Å². The molecule has 2 aromatic heterocycles. The Labute approximate surface area is 144 Å². The Morgan fingerprint density at radius 3 is 2.52 bits per heavy atom. The van der Waals surface area contributed by atoms with E-state index in [0.29, 0.717) is 0 Å². The molecule has 0 spiro atoms. The normalized spacial score (nSPS) is 15.1. The molecule has 2 N–H and O–H groups in total. The summed E-state index contributed by atoms with van der Waals surface area (Å²) in [7, 11) is 0. The monoisotopic (exact) mass is 325 g/mol. The van der Waals surface area contributed by atoms with E-state index in [0.717, 1.165) is 39.2 Å². The summed E-state index contributed by atoms with van der Waals surface area (Å²) in [5.41, 5.74) is 12.6. The number of hydrogen-bond acceptors (Lipinski definition) is 2. The molecule has 1 amide bonds. The fourth-order valence-corrected chi connectivity index (χ4v) is 3.84. The quantitative estimate of drug-likeness (QED) is 0.612. The number of nitrogens with zero attached hydrogens (tertiary/aromatic N) is 2. The van der Waals surface area contributed by atoms with Crippen LogP contribution in [0.25, 0.3) is 28.0 Å². The SMILES string of the molecule is NC(=O)C1c2ccccc2-c2c(-c3cn4ccccc4n3)cccc21. The van der Waals surface area contributed by atoms with E-state index in [9.17, 15) is 4.79 Å². The highest BCUT2D eigenvalue weighted by molar-refractivity contribution is 5.99. The van der Waals surface area contributed by atoms with Gasteiger partial charge in [0.15, 0.2) is 0 Å². The van der Waals surface area contributed by atoms with Crippen LogP contribution in [0, 0.1) is 0 Å². The summed E-state index contributed by atoms with van der Waals surface area (Å²) in [6.07, 6.45) is 4.00. The van der Waals surface area contributed by atoms with Crippen LogP contribution in [-0.2, 0) is 4.79 Å². The summed E-state index contributed by atoms with van der Waals surface area (Å²) in [6.45, 7) is 0. The van der Waals surface area contributed by atoms with Crippen molar-refractivity contribution in [2.75, 3.05) is 0 Å². The maximum atomic E-state index is 12.1. The smallest absolute Gasteiger partial charge is 0.229 e. The lowest BCUT2D eigenvalue weighted by Gasteiger charge is -2.09. The number of aromatic nitrogens is 2. The van der Waals surface area contributed by atoms with Gasteiger partial charge in [-0.3, -0.25) is 4.79 Å². The van der Waals surface area contributed by atoms with Gasteiger partial charge >= 0.3 is 0 Å². The molecule has 120 valence electrons. The van der Waals surface area contributed by atoms with Gasteiger partial charge < -0.3 is 10.1 Å². The van der Waals surface area contributed by atoms with Crippen molar-refractivity contribution in [2.24, 2.45) is 5.73 Å². The van der Waals surface area contributed by atoms with Crippen molar-refractivity contribution in [3.8, 4) is 22.4 Å². The lowest BCUT2D eigenvalue weighted by atomic mass is 9.94. The van der Waals surface area contributed by atoms with E-state index >= 15 is 0 Å². The summed E-state index contributed by atoms with van der Waals surface area (Å²) in [5.74, 6) is -0.721. The molecule has 4 heteroatoms. The maximum Gasteiger partial charge on any atom is 0.229 e. The number of fused-ring (bicyclic) bond motifs is 4. The van der Waals surface area contributed by atoms with Crippen LogP contribution in [0.2, 0.25) is 0 Å². The molecule has 0 saturated carbocycles. The van der Waals surface area contributed by atoms with Crippen molar-refractivity contribution < 1.29 is 4.79 Å². The van der Waals surface area contributed by atoms with Crippen LogP contribution in [0.15, 0.2) is 73.1 Å². The minimum absolute atomic E-state index is 0.321. The van der Waals surface area contributed by atoms with E-state index in [-0.39, 0.29) is 5.91 Å². The molecule has 0 saturated heterocycles. The third-order valence-electron chi connectivity index (χ3n) is 4.87. The Balaban J connectivity index is 1.82. The van der Waals surface area contributed by atoms with Crippen LogP contribution < -0.4 is 5.73 Å². The van der Waals surface area contributed by atoms with Crippen molar-refractivity contribution in [3.63, 3.8) is 0 Å². The molecule has 2 aromatic carbocycles. The first-order chi connectivity index (χ1) is 12.2. The Morgan fingerprint density at radius 2 is 1.68 bits per heavy atom. The maximum absolute atomic E-state index is 12.1. The third-order valence-corrected chi connectivity index (χ3v) is 4.87. The van der Waals surface area contributed by atoms with E-state index in [1.807, 2.05) is 65.3 Å². The number of hydrogen-bond donors (Lipinski definition) is 1. The van der Waals surface area contributed by atoms with E-state index in [1.165, 1.54) is 0 Å². The topological polar surface area (TPSA) is 60.4 Å². The van der Waals surface area contributed by atoms with Crippen molar-refractivity contribution in [1.29, 1.82) is 0 Å². The zero-order chi connectivity index (χ0) is 17.0. The Kier molecular flexibility index (Phi) is 2.82. The first-order valence-electron chi connectivity index (χ1n) is 8.19. The van der Waals surface area contributed by atoms with Gasteiger partial charge in [0.25, 0.3) is 0 Å². The minimum Gasteiger partial charge on any atom is -0.369 e. The van der Waals surface area contributed by atoms with Gasteiger partial charge in [-0.25, -0.2) is 4.98 Å². The van der Waals surface area contributed by atoms with Gasteiger partial charge in [-0.2, -0.15) is 0 Å². The number of imidazole rings is 1. The average Bonchev–Trinajstić information content (AvgIpc) is 3.20. The van der Waals surface area contributed by atoms with Crippen molar-refractivity contribution >= 4 is 11.6 Å². The first kappa shape index (κ1) is 14.0. The molecular weight excluding hydrogens is 310 g/mol. The molecule has 1 aliphatic carbocycles. The summed E-state index contributed by atoms with van der Waals surface area (Å²) >= 11 is 0. The van der Waals surface area contributed by atoms with Gasteiger partial charge in [0.2, 0.25) is 5.91 Å². The predicted molar refractivity (Wildman–Crippen MR) is 97.1 cm³/mol. The molecule has 5 rings (SSSR count). The number of nitrogens with two attached hydrogens (primary N) is 1. The molecule has 4 nitrogen and oxygen atoms in total. The zero-order valence-corrected chi connectivity index (χ0v) is 13.4. The van der Waals surface area contributed by atoms with Crippen LogP contribution in [0.3, 0.4) is 0 Å². The number of carbonyl (C=O) groups excluding carboxylic acids is 1. The van der Waals surface area contributed by atoms with Crippen molar-refractivity contribution in [3.05, 3.63) is 84.2 Å². The molecule has 0 fully saturated rings. The zero-order valence-electron chi connectivity index (χ0n) is 13.4. The van der Waals surface area contributed by atoms with Crippen LogP contribution in [0.4, 0.5) is 0 Å². The second-order valence-electron chi connectivity index (χ2n) is 6.28. The number of rotatable bonds is 2. The largest absolute Gasteiger partial charge is 0.369 e.